The summed E-state index contributed by atoms with van der Waals surface area (Å²) in [5.41, 5.74) is 5.06. The maximum Gasteiger partial charge on any atom is 0.316 e. The van der Waals surface area contributed by atoms with Crippen molar-refractivity contribution >= 4 is 36.1 Å². The Balaban J connectivity index is 0. The molecule has 0 amide bonds. The van der Waals surface area contributed by atoms with Crippen molar-refractivity contribution in [1.29, 1.82) is 0 Å². The molecule has 20 heavy (non-hydrogen) atoms. The number of hydrogen-bond donors (Lipinski definition) is 1. The average molecular weight is 310 g/mol. The van der Waals surface area contributed by atoms with Gasteiger partial charge in [-0.1, -0.05) is 6.92 Å². The first kappa shape index (κ1) is 20.8. The van der Waals surface area contributed by atoms with Crippen LogP contribution >= 0.6 is 12.4 Å². The van der Waals surface area contributed by atoms with Crippen LogP contribution in [0.4, 0.5) is 0 Å². The minimum Gasteiger partial charge on any atom is -0.465 e. The SMILES string of the molecule is CCCC(=O)OCCC(=O)OC(=O)CCC(=O)CN.Cl. The average Bonchev–Trinajstić information content (AvgIpc) is 2.36. The Morgan fingerprint density at radius 3 is 2.05 bits per heavy atom. The normalized spacial score (nSPS) is 9.30. The van der Waals surface area contributed by atoms with Crippen LogP contribution in [0.5, 0.6) is 0 Å². The minimum absolute atomic E-state index is 0. The monoisotopic (exact) mass is 309 g/mol. The fourth-order valence-corrected chi connectivity index (χ4v) is 1.10. The van der Waals surface area contributed by atoms with Gasteiger partial charge in [-0.3, -0.25) is 19.2 Å². The van der Waals surface area contributed by atoms with E-state index < -0.39 is 17.9 Å². The van der Waals surface area contributed by atoms with Crippen molar-refractivity contribution in [2.24, 2.45) is 5.73 Å². The molecule has 0 saturated carbocycles. The number of carbonyl (C=O) groups excluding carboxylic acids is 4. The summed E-state index contributed by atoms with van der Waals surface area (Å²) in [6.07, 6.45) is 0.531. The molecule has 0 saturated heterocycles. The zero-order chi connectivity index (χ0) is 14.7. The molecule has 0 aromatic rings. The van der Waals surface area contributed by atoms with E-state index in [2.05, 4.69) is 4.74 Å². The van der Waals surface area contributed by atoms with Crippen LogP contribution in [0.15, 0.2) is 0 Å². The fraction of sp³-hybridized carbons (Fsp3) is 0.667. The van der Waals surface area contributed by atoms with Crippen molar-refractivity contribution in [3.8, 4) is 0 Å². The Labute approximate surface area is 123 Å². The van der Waals surface area contributed by atoms with Crippen LogP contribution in [0.2, 0.25) is 0 Å². The van der Waals surface area contributed by atoms with E-state index in [0.29, 0.717) is 6.42 Å². The van der Waals surface area contributed by atoms with E-state index in [1.165, 1.54) is 0 Å². The summed E-state index contributed by atoms with van der Waals surface area (Å²) in [6.45, 7) is 1.57. The van der Waals surface area contributed by atoms with Gasteiger partial charge in [0.1, 0.15) is 12.4 Å². The van der Waals surface area contributed by atoms with Crippen LogP contribution in [-0.4, -0.2) is 36.8 Å². The molecule has 0 heterocycles. The van der Waals surface area contributed by atoms with Crippen molar-refractivity contribution < 1.29 is 28.7 Å². The Hall–Kier alpha value is -1.47. The topological polar surface area (TPSA) is 113 Å². The highest BCUT2D eigenvalue weighted by atomic mass is 35.5. The van der Waals surface area contributed by atoms with Crippen molar-refractivity contribution in [3.63, 3.8) is 0 Å². The lowest BCUT2D eigenvalue weighted by molar-refractivity contribution is -0.161. The summed E-state index contributed by atoms with van der Waals surface area (Å²) in [5.74, 6) is -2.24. The van der Waals surface area contributed by atoms with Crippen LogP contribution < -0.4 is 5.73 Å². The number of esters is 3. The van der Waals surface area contributed by atoms with Crippen LogP contribution in [0.3, 0.4) is 0 Å². The predicted molar refractivity (Wildman–Crippen MR) is 72.1 cm³/mol. The van der Waals surface area contributed by atoms with Crippen LogP contribution in [0.25, 0.3) is 0 Å². The van der Waals surface area contributed by atoms with Gasteiger partial charge >= 0.3 is 17.9 Å². The van der Waals surface area contributed by atoms with Gasteiger partial charge < -0.3 is 15.2 Å². The van der Waals surface area contributed by atoms with Crippen molar-refractivity contribution in [1.82, 2.24) is 0 Å². The Kier molecular flexibility index (Phi) is 13.1. The second kappa shape index (κ2) is 12.6. The zero-order valence-corrected chi connectivity index (χ0v) is 12.2. The molecule has 116 valence electrons. The maximum atomic E-state index is 11.2. The number of carbonyl (C=O) groups is 4. The molecule has 0 aliphatic rings. The fourth-order valence-electron chi connectivity index (χ4n) is 1.10. The van der Waals surface area contributed by atoms with Crippen LogP contribution in [0, 0.1) is 0 Å². The number of Topliss-reactive ketones (excluding diaryl/α,β-unsaturated/α-hetero) is 1. The molecular weight excluding hydrogens is 290 g/mol. The summed E-state index contributed by atoms with van der Waals surface area (Å²) in [4.78, 5) is 44.1. The van der Waals surface area contributed by atoms with Gasteiger partial charge in [-0.2, -0.15) is 0 Å². The Morgan fingerprint density at radius 2 is 1.50 bits per heavy atom. The first-order valence-electron chi connectivity index (χ1n) is 6.10. The second-order valence-corrected chi connectivity index (χ2v) is 3.81. The number of ketones is 1. The van der Waals surface area contributed by atoms with Gasteiger partial charge in [-0.25, -0.2) is 0 Å². The smallest absolute Gasteiger partial charge is 0.316 e. The van der Waals surface area contributed by atoms with Gasteiger partial charge in [0.25, 0.3) is 0 Å². The quantitative estimate of drug-likeness (QED) is 0.488. The van der Waals surface area contributed by atoms with Gasteiger partial charge in [0, 0.05) is 12.8 Å². The van der Waals surface area contributed by atoms with Gasteiger partial charge in [-0.15, -0.1) is 12.4 Å². The summed E-state index contributed by atoms with van der Waals surface area (Å²) >= 11 is 0. The Morgan fingerprint density at radius 1 is 0.900 bits per heavy atom. The second-order valence-electron chi connectivity index (χ2n) is 3.81. The molecule has 0 atom stereocenters. The highest BCUT2D eigenvalue weighted by molar-refractivity contribution is 5.89. The molecule has 0 aliphatic carbocycles. The van der Waals surface area contributed by atoms with Crippen molar-refractivity contribution in [2.45, 2.75) is 39.0 Å². The predicted octanol–water partition coefficient (Wildman–Crippen LogP) is 0.519. The van der Waals surface area contributed by atoms with E-state index in [1.807, 2.05) is 6.92 Å². The number of hydrogen-bond acceptors (Lipinski definition) is 7. The number of nitrogens with two attached hydrogens (primary N) is 1. The zero-order valence-electron chi connectivity index (χ0n) is 11.4. The third-order valence-electron chi connectivity index (χ3n) is 2.09. The van der Waals surface area contributed by atoms with E-state index in [0.717, 1.165) is 0 Å². The maximum absolute atomic E-state index is 11.2. The lowest BCUT2D eigenvalue weighted by Gasteiger charge is -2.04. The molecule has 0 aliphatic heterocycles. The largest absolute Gasteiger partial charge is 0.465 e. The van der Waals surface area contributed by atoms with Crippen molar-refractivity contribution in [2.75, 3.05) is 13.2 Å². The first-order chi connectivity index (χ1) is 8.99. The van der Waals surface area contributed by atoms with Gasteiger partial charge in [-0.05, 0) is 6.42 Å². The summed E-state index contributed by atoms with van der Waals surface area (Å²) in [5, 5.41) is 0. The highest BCUT2D eigenvalue weighted by Gasteiger charge is 2.12. The van der Waals surface area contributed by atoms with Gasteiger partial charge in [0.05, 0.1) is 19.4 Å². The van der Waals surface area contributed by atoms with E-state index in [9.17, 15) is 19.2 Å². The lowest BCUT2D eigenvalue weighted by Crippen LogP contribution is -2.18. The molecule has 7 nitrogen and oxygen atoms in total. The molecular formula is C12H20ClNO6. The minimum atomic E-state index is -0.785. The van der Waals surface area contributed by atoms with Crippen LogP contribution in [-0.2, 0) is 28.7 Å². The summed E-state index contributed by atoms with van der Waals surface area (Å²) in [6, 6.07) is 0. The number of rotatable bonds is 9. The molecule has 2 N–H and O–H groups in total. The third kappa shape index (κ3) is 11.6. The lowest BCUT2D eigenvalue weighted by atomic mass is 10.2. The molecule has 0 unspecified atom stereocenters. The molecule has 0 rings (SSSR count). The third-order valence-corrected chi connectivity index (χ3v) is 2.09. The van der Waals surface area contributed by atoms with E-state index in [1.54, 1.807) is 0 Å². The molecule has 0 bridgehead atoms. The first-order valence-corrected chi connectivity index (χ1v) is 6.10. The van der Waals surface area contributed by atoms with Gasteiger partial charge in [0.2, 0.25) is 0 Å². The van der Waals surface area contributed by atoms with E-state index >= 15 is 0 Å². The summed E-state index contributed by atoms with van der Waals surface area (Å²) < 4.78 is 9.15. The standard InChI is InChI=1S/C12H19NO6.ClH/c1-2-3-10(15)18-7-6-12(17)19-11(16)5-4-9(14)8-13;/h2-8,13H2,1H3;1H. The van der Waals surface area contributed by atoms with Crippen LogP contribution in [0.1, 0.15) is 39.0 Å². The van der Waals surface area contributed by atoms with Gasteiger partial charge in [0.15, 0.2) is 0 Å². The molecule has 0 aromatic carbocycles. The molecule has 0 aromatic heterocycles. The molecule has 0 radical (unpaired) electrons. The van der Waals surface area contributed by atoms with E-state index in [-0.39, 0.29) is 57.0 Å². The molecule has 8 heteroatoms. The number of halogens is 1. The summed E-state index contributed by atoms with van der Waals surface area (Å²) in [7, 11) is 0. The van der Waals surface area contributed by atoms with E-state index in [4.69, 9.17) is 10.5 Å². The Bertz CT molecular complexity index is 345. The molecule has 0 fully saturated rings. The van der Waals surface area contributed by atoms with Crippen molar-refractivity contribution in [3.05, 3.63) is 0 Å². The number of ether oxygens (including phenoxy) is 2. The molecule has 0 spiro atoms. The highest BCUT2D eigenvalue weighted by Crippen LogP contribution is 1.98.